The summed E-state index contributed by atoms with van der Waals surface area (Å²) in [7, 11) is 0. The molecule has 82 valence electrons. The molecule has 2 atom stereocenters. The third-order valence-electron chi connectivity index (χ3n) is 3.84. The fraction of sp³-hybridized carbons (Fsp3) is 1.00. The van der Waals surface area contributed by atoms with E-state index in [1.54, 1.807) is 0 Å². The van der Waals surface area contributed by atoms with Gasteiger partial charge < -0.3 is 10.0 Å². The predicted molar refractivity (Wildman–Crippen MR) is 58.3 cm³/mol. The standard InChI is InChI=1S/C12H23NO/c1-12(14)7-5-6-11(10-12)13-8-3-2-4-9-13/h11,14H,2-10H2,1H3/t11-,12+/m1/s1. The number of rotatable bonds is 1. The van der Waals surface area contributed by atoms with Crippen molar-refractivity contribution >= 4 is 0 Å². The van der Waals surface area contributed by atoms with Crippen LogP contribution in [-0.2, 0) is 0 Å². The Kier molecular flexibility index (Phi) is 3.13. The molecule has 0 amide bonds. The smallest absolute Gasteiger partial charge is 0.0634 e. The lowest BCUT2D eigenvalue weighted by Gasteiger charge is -2.41. The van der Waals surface area contributed by atoms with Gasteiger partial charge in [-0.25, -0.2) is 0 Å². The molecular formula is C12H23NO. The molecule has 0 unspecified atom stereocenters. The first-order valence-electron chi connectivity index (χ1n) is 6.14. The fourth-order valence-electron chi connectivity index (χ4n) is 3.03. The van der Waals surface area contributed by atoms with Crippen molar-refractivity contribution in [2.24, 2.45) is 0 Å². The van der Waals surface area contributed by atoms with E-state index in [1.165, 1.54) is 45.2 Å². The van der Waals surface area contributed by atoms with Gasteiger partial charge in [-0.1, -0.05) is 6.42 Å². The van der Waals surface area contributed by atoms with Crippen molar-refractivity contribution in [1.29, 1.82) is 0 Å². The van der Waals surface area contributed by atoms with Crippen molar-refractivity contribution in [2.75, 3.05) is 13.1 Å². The summed E-state index contributed by atoms with van der Waals surface area (Å²) in [6.45, 7) is 4.53. The summed E-state index contributed by atoms with van der Waals surface area (Å²) in [5.41, 5.74) is -0.389. The normalized spacial score (nSPS) is 41.1. The molecule has 2 nitrogen and oxygen atoms in total. The Labute approximate surface area is 87.3 Å². The highest BCUT2D eigenvalue weighted by Gasteiger charge is 2.33. The average Bonchev–Trinajstić information content (AvgIpc) is 2.18. The summed E-state index contributed by atoms with van der Waals surface area (Å²) in [4.78, 5) is 2.61. The molecule has 1 aliphatic heterocycles. The van der Waals surface area contributed by atoms with E-state index in [0.717, 1.165) is 12.8 Å². The van der Waals surface area contributed by atoms with Crippen LogP contribution in [0.4, 0.5) is 0 Å². The van der Waals surface area contributed by atoms with Gasteiger partial charge in [-0.05, 0) is 58.5 Å². The second-order valence-corrected chi connectivity index (χ2v) is 5.34. The van der Waals surface area contributed by atoms with Crippen LogP contribution in [0.2, 0.25) is 0 Å². The van der Waals surface area contributed by atoms with Gasteiger partial charge in [0.15, 0.2) is 0 Å². The molecule has 2 heteroatoms. The van der Waals surface area contributed by atoms with Gasteiger partial charge in [0, 0.05) is 6.04 Å². The Morgan fingerprint density at radius 1 is 1.14 bits per heavy atom. The van der Waals surface area contributed by atoms with Gasteiger partial charge in [0.2, 0.25) is 0 Å². The largest absolute Gasteiger partial charge is 0.390 e. The van der Waals surface area contributed by atoms with Crippen LogP contribution < -0.4 is 0 Å². The molecule has 1 heterocycles. The third kappa shape index (κ3) is 2.48. The zero-order valence-corrected chi connectivity index (χ0v) is 9.34. The molecule has 1 saturated carbocycles. The van der Waals surface area contributed by atoms with Gasteiger partial charge >= 0.3 is 0 Å². The predicted octanol–water partition coefficient (Wildman–Crippen LogP) is 2.17. The second kappa shape index (κ2) is 4.19. The van der Waals surface area contributed by atoms with Crippen molar-refractivity contribution in [2.45, 2.75) is 63.5 Å². The lowest BCUT2D eigenvalue weighted by atomic mass is 9.82. The molecule has 0 spiro atoms. The van der Waals surface area contributed by atoms with E-state index in [2.05, 4.69) is 4.90 Å². The Morgan fingerprint density at radius 2 is 1.86 bits per heavy atom. The number of likely N-dealkylation sites (tertiary alicyclic amines) is 1. The van der Waals surface area contributed by atoms with E-state index in [4.69, 9.17) is 0 Å². The Hall–Kier alpha value is -0.0800. The molecule has 0 aromatic carbocycles. The van der Waals surface area contributed by atoms with E-state index < -0.39 is 0 Å². The van der Waals surface area contributed by atoms with E-state index in [1.807, 2.05) is 6.92 Å². The van der Waals surface area contributed by atoms with E-state index in [-0.39, 0.29) is 5.60 Å². The molecular weight excluding hydrogens is 174 g/mol. The van der Waals surface area contributed by atoms with Gasteiger partial charge in [-0.3, -0.25) is 0 Å². The van der Waals surface area contributed by atoms with Crippen LogP contribution in [0.3, 0.4) is 0 Å². The summed E-state index contributed by atoms with van der Waals surface area (Å²) in [5.74, 6) is 0. The van der Waals surface area contributed by atoms with Crippen LogP contribution in [0.15, 0.2) is 0 Å². The van der Waals surface area contributed by atoms with Crippen LogP contribution in [0.25, 0.3) is 0 Å². The van der Waals surface area contributed by atoms with Crippen LogP contribution in [-0.4, -0.2) is 34.7 Å². The molecule has 2 aliphatic rings. The maximum absolute atomic E-state index is 10.0. The van der Waals surface area contributed by atoms with Crippen molar-refractivity contribution in [3.05, 3.63) is 0 Å². The lowest BCUT2D eigenvalue weighted by Crippen LogP contribution is -2.46. The highest BCUT2D eigenvalue weighted by Crippen LogP contribution is 2.31. The summed E-state index contributed by atoms with van der Waals surface area (Å²) < 4.78 is 0. The SMILES string of the molecule is C[C@]1(O)CCC[C@@H](N2CCCCC2)C1. The number of aliphatic hydroxyl groups is 1. The first-order chi connectivity index (χ1) is 6.67. The van der Waals surface area contributed by atoms with Gasteiger partial charge in [0.1, 0.15) is 0 Å². The molecule has 1 saturated heterocycles. The highest BCUT2D eigenvalue weighted by molar-refractivity contribution is 4.88. The van der Waals surface area contributed by atoms with E-state index in [0.29, 0.717) is 6.04 Å². The molecule has 14 heavy (non-hydrogen) atoms. The van der Waals surface area contributed by atoms with Crippen LogP contribution in [0.5, 0.6) is 0 Å². The van der Waals surface area contributed by atoms with E-state index in [9.17, 15) is 5.11 Å². The average molecular weight is 197 g/mol. The van der Waals surface area contributed by atoms with Crippen LogP contribution >= 0.6 is 0 Å². The quantitative estimate of drug-likeness (QED) is 0.696. The first kappa shape index (κ1) is 10.4. The van der Waals surface area contributed by atoms with Gasteiger partial charge in [-0.15, -0.1) is 0 Å². The molecule has 2 fully saturated rings. The second-order valence-electron chi connectivity index (χ2n) is 5.34. The molecule has 0 aromatic heterocycles. The molecule has 1 aliphatic carbocycles. The molecule has 0 aromatic rings. The minimum absolute atomic E-state index is 0.389. The monoisotopic (exact) mass is 197 g/mol. The van der Waals surface area contributed by atoms with Crippen LogP contribution in [0, 0.1) is 0 Å². The summed E-state index contributed by atoms with van der Waals surface area (Å²) in [6, 6.07) is 0.666. The van der Waals surface area contributed by atoms with Gasteiger partial charge in [0.05, 0.1) is 5.60 Å². The number of nitrogens with zero attached hydrogens (tertiary/aromatic N) is 1. The maximum Gasteiger partial charge on any atom is 0.0634 e. The summed E-state index contributed by atoms with van der Waals surface area (Å²) in [6.07, 6.45) is 8.62. The zero-order chi connectivity index (χ0) is 10.0. The maximum atomic E-state index is 10.0. The van der Waals surface area contributed by atoms with Crippen molar-refractivity contribution < 1.29 is 5.11 Å². The van der Waals surface area contributed by atoms with Crippen LogP contribution in [0.1, 0.15) is 51.9 Å². The van der Waals surface area contributed by atoms with Gasteiger partial charge in [0.25, 0.3) is 0 Å². The first-order valence-corrected chi connectivity index (χ1v) is 6.14. The topological polar surface area (TPSA) is 23.5 Å². The lowest BCUT2D eigenvalue weighted by molar-refractivity contribution is -0.0199. The molecule has 0 bridgehead atoms. The number of piperidine rings is 1. The number of hydrogen-bond donors (Lipinski definition) is 1. The highest BCUT2D eigenvalue weighted by atomic mass is 16.3. The molecule has 0 radical (unpaired) electrons. The molecule has 2 rings (SSSR count). The Morgan fingerprint density at radius 3 is 2.50 bits per heavy atom. The summed E-state index contributed by atoms with van der Waals surface area (Å²) in [5, 5.41) is 10.0. The zero-order valence-electron chi connectivity index (χ0n) is 9.34. The minimum Gasteiger partial charge on any atom is -0.390 e. The summed E-state index contributed by atoms with van der Waals surface area (Å²) >= 11 is 0. The van der Waals surface area contributed by atoms with Crippen molar-refractivity contribution in [3.8, 4) is 0 Å². The van der Waals surface area contributed by atoms with Crippen molar-refractivity contribution in [1.82, 2.24) is 4.90 Å². The van der Waals surface area contributed by atoms with Crippen molar-refractivity contribution in [3.63, 3.8) is 0 Å². The van der Waals surface area contributed by atoms with Gasteiger partial charge in [-0.2, -0.15) is 0 Å². The third-order valence-corrected chi connectivity index (χ3v) is 3.84. The fourth-order valence-corrected chi connectivity index (χ4v) is 3.03. The Balaban J connectivity index is 1.89. The number of hydrogen-bond acceptors (Lipinski definition) is 2. The Bertz CT molecular complexity index is 185. The minimum atomic E-state index is -0.389. The molecule has 1 N–H and O–H groups in total. The van der Waals surface area contributed by atoms with E-state index >= 15 is 0 Å².